The highest BCUT2D eigenvalue weighted by atomic mass is 16.6. The van der Waals surface area contributed by atoms with E-state index in [4.69, 9.17) is 6.42 Å². The summed E-state index contributed by atoms with van der Waals surface area (Å²) >= 11 is 0. The fourth-order valence-corrected chi connectivity index (χ4v) is 0.595. The number of para-hydroxylation sites is 1. The molecule has 0 radical (unpaired) electrons. The van der Waals surface area contributed by atoms with Gasteiger partial charge in [0.25, 0.3) is 0 Å². The predicted molar refractivity (Wildman–Crippen MR) is 74.0 cm³/mol. The molecule has 0 amide bonds. The summed E-state index contributed by atoms with van der Waals surface area (Å²) in [5.74, 6) is 0. The molecule has 0 spiro atoms. The minimum absolute atomic E-state index is 0.848. The van der Waals surface area contributed by atoms with Crippen LogP contribution >= 0.6 is 0 Å². The van der Waals surface area contributed by atoms with Gasteiger partial charge >= 0.3 is 0 Å². The molecule has 0 saturated heterocycles. The van der Waals surface area contributed by atoms with Crippen molar-refractivity contribution in [1.82, 2.24) is 0 Å². The van der Waals surface area contributed by atoms with E-state index < -0.39 is 0 Å². The average Bonchev–Trinajstić information content (AvgIpc) is 2.44. The second-order valence-electron chi connectivity index (χ2n) is 1.69. The zero-order chi connectivity index (χ0) is 13.2. The second-order valence-corrected chi connectivity index (χ2v) is 1.69. The van der Waals surface area contributed by atoms with Gasteiger partial charge in [-0.15, -0.1) is 0 Å². The molecule has 2 heteroatoms. The van der Waals surface area contributed by atoms with Crippen molar-refractivity contribution in [2.24, 2.45) is 0 Å². The Kier molecular flexibility index (Phi) is 29.0. The number of benzene rings is 1. The SMILES string of the molecule is C#CONc1ccccc1.CC.CC.CC. The summed E-state index contributed by atoms with van der Waals surface area (Å²) < 4.78 is 0. The molecule has 0 aromatic heterocycles. The maximum atomic E-state index is 4.84. The fraction of sp³-hybridized carbons (Fsp3) is 0.429. The topological polar surface area (TPSA) is 21.3 Å². The molecule has 2 nitrogen and oxygen atoms in total. The Morgan fingerprint density at radius 1 is 0.938 bits per heavy atom. The molecular formula is C14H25NO. The van der Waals surface area contributed by atoms with Crippen molar-refractivity contribution in [1.29, 1.82) is 0 Å². The summed E-state index contributed by atoms with van der Waals surface area (Å²) in [6.07, 6.45) is 6.85. The van der Waals surface area contributed by atoms with Crippen LogP contribution in [-0.2, 0) is 4.84 Å². The van der Waals surface area contributed by atoms with E-state index in [0.29, 0.717) is 0 Å². The molecule has 0 aliphatic heterocycles. The zero-order valence-corrected chi connectivity index (χ0v) is 11.4. The lowest BCUT2D eigenvalue weighted by Crippen LogP contribution is -1.93. The monoisotopic (exact) mass is 223 g/mol. The van der Waals surface area contributed by atoms with Crippen LogP contribution in [0.5, 0.6) is 0 Å². The quantitative estimate of drug-likeness (QED) is 0.579. The molecule has 0 atom stereocenters. The van der Waals surface area contributed by atoms with Gasteiger partial charge in [0.1, 0.15) is 6.11 Å². The molecule has 1 aromatic carbocycles. The van der Waals surface area contributed by atoms with E-state index in [-0.39, 0.29) is 0 Å². The molecule has 0 aliphatic rings. The maximum Gasteiger partial charge on any atom is 0.142 e. The smallest absolute Gasteiger partial charge is 0.142 e. The Hall–Kier alpha value is -1.62. The van der Waals surface area contributed by atoms with Crippen molar-refractivity contribution < 1.29 is 4.84 Å². The van der Waals surface area contributed by atoms with Crippen LogP contribution in [0.15, 0.2) is 30.3 Å². The first-order valence-corrected chi connectivity index (χ1v) is 5.86. The Morgan fingerprint density at radius 3 is 1.75 bits per heavy atom. The first kappa shape index (κ1) is 19.9. The molecule has 0 saturated carbocycles. The van der Waals surface area contributed by atoms with Crippen molar-refractivity contribution >= 4 is 5.69 Å². The number of nitrogens with one attached hydrogen (secondary N) is 1. The molecule has 0 unspecified atom stereocenters. The van der Waals surface area contributed by atoms with Gasteiger partial charge in [0.05, 0.1) is 5.69 Å². The largest absolute Gasteiger partial charge is 0.329 e. The van der Waals surface area contributed by atoms with Gasteiger partial charge in [-0.25, -0.2) is 5.48 Å². The van der Waals surface area contributed by atoms with Gasteiger partial charge in [-0.05, 0) is 12.1 Å². The lowest BCUT2D eigenvalue weighted by Gasteiger charge is -1.98. The van der Waals surface area contributed by atoms with E-state index in [1.807, 2.05) is 78.0 Å². The molecule has 0 aliphatic carbocycles. The standard InChI is InChI=1S/C8H7NO.3C2H6/c1-2-10-9-8-6-4-3-5-7-8;3*1-2/h1,3-7,9H;3*1-2H3. The van der Waals surface area contributed by atoms with E-state index in [1.54, 1.807) is 0 Å². The van der Waals surface area contributed by atoms with Gasteiger partial charge in [-0.1, -0.05) is 66.2 Å². The summed E-state index contributed by atoms with van der Waals surface area (Å²) in [6.45, 7) is 12.0. The van der Waals surface area contributed by atoms with Gasteiger partial charge in [0.15, 0.2) is 0 Å². The normalized spacial score (nSPS) is 6.06. The molecule has 1 rings (SSSR count). The minimum atomic E-state index is 0.848. The van der Waals surface area contributed by atoms with E-state index in [1.165, 1.54) is 0 Å². The third-order valence-electron chi connectivity index (χ3n) is 1.00. The number of rotatable bonds is 2. The molecular weight excluding hydrogens is 198 g/mol. The Bertz CT molecular complexity index is 226. The van der Waals surface area contributed by atoms with Gasteiger partial charge in [-0.2, -0.15) is 0 Å². The Morgan fingerprint density at radius 2 is 1.38 bits per heavy atom. The van der Waals surface area contributed by atoms with Gasteiger partial charge < -0.3 is 4.84 Å². The van der Waals surface area contributed by atoms with E-state index in [0.717, 1.165) is 5.69 Å². The zero-order valence-electron chi connectivity index (χ0n) is 11.4. The van der Waals surface area contributed by atoms with Crippen LogP contribution in [0, 0.1) is 12.5 Å². The average molecular weight is 223 g/mol. The highest BCUT2D eigenvalue weighted by Crippen LogP contribution is 2.03. The van der Waals surface area contributed by atoms with Crippen LogP contribution in [0.25, 0.3) is 0 Å². The lowest BCUT2D eigenvalue weighted by molar-refractivity contribution is 0.364. The third-order valence-corrected chi connectivity index (χ3v) is 1.00. The fourth-order valence-electron chi connectivity index (χ4n) is 0.595. The van der Waals surface area contributed by atoms with Crippen LogP contribution in [0.3, 0.4) is 0 Å². The van der Waals surface area contributed by atoms with Crippen LogP contribution < -0.4 is 5.48 Å². The van der Waals surface area contributed by atoms with E-state index >= 15 is 0 Å². The maximum absolute atomic E-state index is 4.84. The summed E-state index contributed by atoms with van der Waals surface area (Å²) in [6, 6.07) is 9.42. The number of terminal acetylenes is 1. The molecule has 16 heavy (non-hydrogen) atoms. The highest BCUT2D eigenvalue weighted by molar-refractivity contribution is 5.40. The second kappa shape index (κ2) is 23.3. The summed E-state index contributed by atoms with van der Waals surface area (Å²) in [7, 11) is 0. The first-order chi connectivity index (χ1) is 7.93. The summed E-state index contributed by atoms with van der Waals surface area (Å²) in [4.78, 5) is 4.50. The Labute approximate surface area is 101 Å². The van der Waals surface area contributed by atoms with Crippen molar-refractivity contribution in [2.75, 3.05) is 5.48 Å². The van der Waals surface area contributed by atoms with Gasteiger partial charge in [0, 0.05) is 0 Å². The number of anilines is 1. The lowest BCUT2D eigenvalue weighted by atomic mass is 10.3. The highest BCUT2D eigenvalue weighted by Gasteiger charge is 1.83. The van der Waals surface area contributed by atoms with Crippen LogP contribution in [-0.4, -0.2) is 0 Å². The van der Waals surface area contributed by atoms with Crippen LogP contribution in [0.2, 0.25) is 0 Å². The van der Waals surface area contributed by atoms with Crippen molar-refractivity contribution in [3.8, 4) is 12.5 Å². The van der Waals surface area contributed by atoms with Gasteiger partial charge in [0.2, 0.25) is 0 Å². The van der Waals surface area contributed by atoms with Crippen molar-refractivity contribution in [3.63, 3.8) is 0 Å². The number of hydrogen-bond donors (Lipinski definition) is 1. The first-order valence-electron chi connectivity index (χ1n) is 5.86. The van der Waals surface area contributed by atoms with E-state index in [2.05, 4.69) is 10.3 Å². The van der Waals surface area contributed by atoms with Crippen molar-refractivity contribution in [3.05, 3.63) is 30.3 Å². The van der Waals surface area contributed by atoms with Gasteiger partial charge in [-0.3, -0.25) is 0 Å². The summed E-state index contributed by atoms with van der Waals surface area (Å²) in [5, 5.41) is 0. The molecule has 0 fully saturated rings. The predicted octanol–water partition coefficient (Wildman–Crippen LogP) is 4.70. The molecule has 0 bridgehead atoms. The molecule has 1 aromatic rings. The Balaban J connectivity index is -0.000000245. The molecule has 0 heterocycles. The summed E-state index contributed by atoms with van der Waals surface area (Å²) in [5.41, 5.74) is 3.41. The number of hydrogen-bond acceptors (Lipinski definition) is 2. The van der Waals surface area contributed by atoms with Crippen LogP contribution in [0.4, 0.5) is 5.69 Å². The molecule has 1 N–H and O–H groups in total. The third kappa shape index (κ3) is 14.9. The van der Waals surface area contributed by atoms with Crippen LogP contribution in [0.1, 0.15) is 41.5 Å². The van der Waals surface area contributed by atoms with E-state index in [9.17, 15) is 0 Å². The minimum Gasteiger partial charge on any atom is -0.329 e. The van der Waals surface area contributed by atoms with Crippen molar-refractivity contribution in [2.45, 2.75) is 41.5 Å². The molecule has 92 valence electrons.